The summed E-state index contributed by atoms with van der Waals surface area (Å²) in [6.45, 7) is 4.76. The van der Waals surface area contributed by atoms with Crippen molar-refractivity contribution >= 4 is 11.6 Å². The van der Waals surface area contributed by atoms with E-state index in [1.807, 2.05) is 44.2 Å². The zero-order valence-electron chi connectivity index (χ0n) is 9.77. The minimum atomic E-state index is -0.606. The quantitative estimate of drug-likeness (QED) is 0.778. The molecule has 90 valence electrons. The number of halogens is 1. The average molecular weight is 243 g/mol. The van der Waals surface area contributed by atoms with Crippen LogP contribution in [0.2, 0.25) is 0 Å². The molecule has 1 aromatic rings. The van der Waals surface area contributed by atoms with Gasteiger partial charge in [-0.3, -0.25) is 0 Å². The standard InChI is InChI=1S/C13H19ClO2/c1-10(2)13(14)12(15)9-16-8-11-6-4-3-5-7-11/h3-7,10,12-13,15H,8-9H2,1-2H3/t12-,13+/m0/s1. The largest absolute Gasteiger partial charge is 0.389 e. The van der Waals surface area contributed by atoms with Crippen molar-refractivity contribution in [3.63, 3.8) is 0 Å². The van der Waals surface area contributed by atoms with Crippen molar-refractivity contribution in [2.75, 3.05) is 6.61 Å². The first kappa shape index (κ1) is 13.5. The molecule has 0 saturated carbocycles. The lowest BCUT2D eigenvalue weighted by Crippen LogP contribution is -2.30. The van der Waals surface area contributed by atoms with Gasteiger partial charge in [0.25, 0.3) is 0 Å². The molecule has 0 spiro atoms. The van der Waals surface area contributed by atoms with Gasteiger partial charge in [-0.2, -0.15) is 0 Å². The molecule has 0 bridgehead atoms. The van der Waals surface area contributed by atoms with Crippen molar-refractivity contribution in [1.29, 1.82) is 0 Å². The molecule has 0 unspecified atom stereocenters. The first-order valence-electron chi connectivity index (χ1n) is 5.55. The number of hydrogen-bond acceptors (Lipinski definition) is 2. The van der Waals surface area contributed by atoms with Crippen LogP contribution in [-0.4, -0.2) is 23.2 Å². The van der Waals surface area contributed by atoms with Crippen LogP contribution in [0.5, 0.6) is 0 Å². The van der Waals surface area contributed by atoms with E-state index >= 15 is 0 Å². The van der Waals surface area contributed by atoms with Crippen LogP contribution in [0.1, 0.15) is 19.4 Å². The third kappa shape index (κ3) is 4.52. The van der Waals surface area contributed by atoms with Gasteiger partial charge in [0.05, 0.1) is 24.7 Å². The van der Waals surface area contributed by atoms with E-state index in [2.05, 4.69) is 0 Å². The number of rotatable bonds is 6. The summed E-state index contributed by atoms with van der Waals surface area (Å²) in [5.41, 5.74) is 1.10. The predicted octanol–water partition coefficient (Wildman–Crippen LogP) is 2.83. The topological polar surface area (TPSA) is 29.5 Å². The third-order valence-electron chi connectivity index (χ3n) is 2.40. The maximum atomic E-state index is 9.71. The van der Waals surface area contributed by atoms with Crippen LogP contribution in [0.3, 0.4) is 0 Å². The SMILES string of the molecule is CC(C)[C@@H](Cl)[C@@H](O)COCc1ccccc1. The van der Waals surface area contributed by atoms with Gasteiger partial charge < -0.3 is 9.84 Å². The number of benzene rings is 1. The Bertz CT molecular complexity index is 287. The molecule has 0 fully saturated rings. The summed E-state index contributed by atoms with van der Waals surface area (Å²) in [6, 6.07) is 9.88. The van der Waals surface area contributed by atoms with Gasteiger partial charge in [0.1, 0.15) is 0 Å². The molecule has 2 atom stereocenters. The molecule has 0 aliphatic rings. The molecule has 3 heteroatoms. The van der Waals surface area contributed by atoms with E-state index in [4.69, 9.17) is 16.3 Å². The van der Waals surface area contributed by atoms with Crippen LogP contribution in [0.25, 0.3) is 0 Å². The van der Waals surface area contributed by atoms with Crippen LogP contribution in [0, 0.1) is 5.92 Å². The molecule has 1 N–H and O–H groups in total. The second kappa shape index (κ2) is 6.89. The summed E-state index contributed by atoms with van der Waals surface area (Å²) in [4.78, 5) is 0. The highest BCUT2D eigenvalue weighted by Gasteiger charge is 2.19. The molecule has 0 saturated heterocycles. The minimum Gasteiger partial charge on any atom is -0.389 e. The van der Waals surface area contributed by atoms with Crippen molar-refractivity contribution in [2.24, 2.45) is 5.92 Å². The van der Waals surface area contributed by atoms with E-state index in [0.29, 0.717) is 6.61 Å². The summed E-state index contributed by atoms with van der Waals surface area (Å²) in [6.07, 6.45) is -0.606. The van der Waals surface area contributed by atoms with Crippen LogP contribution in [-0.2, 0) is 11.3 Å². The molecule has 0 aliphatic heterocycles. The van der Waals surface area contributed by atoms with Crippen LogP contribution < -0.4 is 0 Å². The zero-order chi connectivity index (χ0) is 12.0. The van der Waals surface area contributed by atoms with E-state index < -0.39 is 6.10 Å². The Hall–Kier alpha value is -0.570. The van der Waals surface area contributed by atoms with Gasteiger partial charge in [-0.25, -0.2) is 0 Å². The Morgan fingerprint density at radius 2 is 1.88 bits per heavy atom. The van der Waals surface area contributed by atoms with E-state index in [1.54, 1.807) is 0 Å². The molecule has 0 heterocycles. The molecule has 2 nitrogen and oxygen atoms in total. The summed E-state index contributed by atoms with van der Waals surface area (Å²) >= 11 is 6.02. The average Bonchev–Trinajstić information content (AvgIpc) is 2.29. The molecular formula is C13H19ClO2. The van der Waals surface area contributed by atoms with Gasteiger partial charge >= 0.3 is 0 Å². The number of hydrogen-bond donors (Lipinski definition) is 1. The fourth-order valence-corrected chi connectivity index (χ4v) is 1.48. The van der Waals surface area contributed by atoms with Gasteiger partial charge in [0, 0.05) is 0 Å². The number of alkyl halides is 1. The molecule has 0 radical (unpaired) electrons. The Kier molecular flexibility index (Phi) is 5.81. The maximum Gasteiger partial charge on any atom is 0.0939 e. The smallest absolute Gasteiger partial charge is 0.0939 e. The lowest BCUT2D eigenvalue weighted by Gasteiger charge is -2.20. The second-order valence-electron chi connectivity index (χ2n) is 4.26. The van der Waals surface area contributed by atoms with Crippen molar-refractivity contribution in [3.05, 3.63) is 35.9 Å². The summed E-state index contributed by atoms with van der Waals surface area (Å²) in [5.74, 6) is 0.247. The van der Waals surface area contributed by atoms with Crippen LogP contribution >= 0.6 is 11.6 Å². The monoisotopic (exact) mass is 242 g/mol. The Morgan fingerprint density at radius 1 is 1.25 bits per heavy atom. The van der Waals surface area contributed by atoms with Gasteiger partial charge in [-0.15, -0.1) is 11.6 Å². The summed E-state index contributed by atoms with van der Waals surface area (Å²) < 4.78 is 5.42. The van der Waals surface area contributed by atoms with Crippen LogP contribution in [0.4, 0.5) is 0 Å². The van der Waals surface area contributed by atoms with Crippen LogP contribution in [0.15, 0.2) is 30.3 Å². The Balaban J connectivity index is 2.25. The van der Waals surface area contributed by atoms with E-state index in [-0.39, 0.29) is 17.9 Å². The normalized spacial score (nSPS) is 15.1. The number of ether oxygens (including phenoxy) is 1. The molecule has 1 rings (SSSR count). The maximum absolute atomic E-state index is 9.71. The van der Waals surface area contributed by atoms with Crippen molar-refractivity contribution in [1.82, 2.24) is 0 Å². The highest BCUT2D eigenvalue weighted by Crippen LogP contribution is 2.14. The van der Waals surface area contributed by atoms with Gasteiger partial charge in [-0.1, -0.05) is 44.2 Å². The summed E-state index contributed by atoms with van der Waals surface area (Å²) in [7, 11) is 0. The molecule has 0 amide bonds. The van der Waals surface area contributed by atoms with Crippen molar-refractivity contribution < 1.29 is 9.84 Å². The second-order valence-corrected chi connectivity index (χ2v) is 4.76. The number of aliphatic hydroxyl groups excluding tert-OH is 1. The highest BCUT2D eigenvalue weighted by atomic mass is 35.5. The lowest BCUT2D eigenvalue weighted by molar-refractivity contribution is 0.0211. The molecular weight excluding hydrogens is 224 g/mol. The van der Waals surface area contributed by atoms with E-state index in [0.717, 1.165) is 5.56 Å². The third-order valence-corrected chi connectivity index (χ3v) is 3.20. The predicted molar refractivity (Wildman–Crippen MR) is 66.6 cm³/mol. The van der Waals surface area contributed by atoms with Gasteiger partial charge in [0.2, 0.25) is 0 Å². The number of aliphatic hydroxyl groups is 1. The minimum absolute atomic E-state index is 0.247. The highest BCUT2D eigenvalue weighted by molar-refractivity contribution is 6.21. The van der Waals surface area contributed by atoms with E-state index in [1.165, 1.54) is 0 Å². The fraction of sp³-hybridized carbons (Fsp3) is 0.538. The molecule has 1 aromatic carbocycles. The van der Waals surface area contributed by atoms with Gasteiger partial charge in [-0.05, 0) is 11.5 Å². The van der Waals surface area contributed by atoms with Gasteiger partial charge in [0.15, 0.2) is 0 Å². The molecule has 16 heavy (non-hydrogen) atoms. The lowest BCUT2D eigenvalue weighted by atomic mass is 10.1. The summed E-state index contributed by atoms with van der Waals surface area (Å²) in [5, 5.41) is 9.46. The van der Waals surface area contributed by atoms with Crippen molar-refractivity contribution in [2.45, 2.75) is 31.9 Å². The Morgan fingerprint density at radius 3 is 2.44 bits per heavy atom. The fourth-order valence-electron chi connectivity index (χ4n) is 1.41. The first-order valence-corrected chi connectivity index (χ1v) is 5.98. The Labute approximate surface area is 102 Å². The first-order chi connectivity index (χ1) is 7.61. The molecule has 0 aromatic heterocycles. The zero-order valence-corrected chi connectivity index (χ0v) is 10.5. The molecule has 0 aliphatic carbocycles. The van der Waals surface area contributed by atoms with E-state index in [9.17, 15) is 5.11 Å². The van der Waals surface area contributed by atoms with Crippen molar-refractivity contribution in [3.8, 4) is 0 Å².